The number of ether oxygens (including phenoxy) is 4. The molecule has 1 atom stereocenters. The van der Waals surface area contributed by atoms with Crippen LogP contribution >= 0.6 is 0 Å². The Bertz CT molecular complexity index is 342. The standard InChI is InChI=1S/C16H30N2O7/c1-17-4-7-23-9-11-25-13-12-24-10-8-22-6-3-16(21)18-15(14-20)2-5-19/h5,14-15,17H,2-4,6-13H2,1H3,(H,18,21). The van der Waals surface area contributed by atoms with Crippen molar-refractivity contribution in [1.82, 2.24) is 10.6 Å². The lowest BCUT2D eigenvalue weighted by atomic mass is 10.2. The first-order valence-electron chi connectivity index (χ1n) is 8.38. The Kier molecular flexibility index (Phi) is 17.9. The zero-order valence-electron chi connectivity index (χ0n) is 14.9. The molecule has 0 aromatic rings. The van der Waals surface area contributed by atoms with Crippen molar-refractivity contribution in [1.29, 1.82) is 0 Å². The molecule has 0 spiro atoms. The summed E-state index contributed by atoms with van der Waals surface area (Å²) in [7, 11) is 1.87. The van der Waals surface area contributed by atoms with Crippen LogP contribution in [0.3, 0.4) is 0 Å². The number of rotatable bonds is 19. The second-order valence-electron chi connectivity index (χ2n) is 5.02. The zero-order valence-corrected chi connectivity index (χ0v) is 14.9. The maximum Gasteiger partial charge on any atom is 0.222 e. The van der Waals surface area contributed by atoms with Crippen LogP contribution in [0.1, 0.15) is 12.8 Å². The van der Waals surface area contributed by atoms with E-state index in [4.69, 9.17) is 18.9 Å². The summed E-state index contributed by atoms with van der Waals surface area (Å²) in [6, 6.07) is -0.762. The highest BCUT2D eigenvalue weighted by molar-refractivity contribution is 5.80. The van der Waals surface area contributed by atoms with Crippen LogP contribution in [-0.2, 0) is 33.3 Å². The highest BCUT2D eigenvalue weighted by atomic mass is 16.6. The molecule has 2 N–H and O–H groups in total. The van der Waals surface area contributed by atoms with Crippen molar-refractivity contribution < 1.29 is 33.3 Å². The molecule has 0 aromatic carbocycles. The summed E-state index contributed by atoms with van der Waals surface area (Å²) < 4.78 is 21.2. The Morgan fingerprint density at radius 2 is 1.40 bits per heavy atom. The van der Waals surface area contributed by atoms with E-state index in [1.54, 1.807) is 0 Å². The van der Waals surface area contributed by atoms with Gasteiger partial charge < -0.3 is 39.2 Å². The quantitative estimate of drug-likeness (QED) is 0.221. The minimum atomic E-state index is -0.762. The molecule has 0 saturated heterocycles. The van der Waals surface area contributed by atoms with Crippen molar-refractivity contribution in [2.75, 3.05) is 66.4 Å². The van der Waals surface area contributed by atoms with E-state index in [0.29, 0.717) is 58.8 Å². The number of hydrogen-bond acceptors (Lipinski definition) is 8. The van der Waals surface area contributed by atoms with E-state index in [-0.39, 0.29) is 25.4 Å². The molecule has 0 bridgehead atoms. The van der Waals surface area contributed by atoms with E-state index >= 15 is 0 Å². The molecule has 9 nitrogen and oxygen atoms in total. The molecule has 0 fully saturated rings. The van der Waals surface area contributed by atoms with Crippen LogP contribution in [0.5, 0.6) is 0 Å². The van der Waals surface area contributed by atoms with Gasteiger partial charge in [0.25, 0.3) is 0 Å². The number of nitrogens with one attached hydrogen (secondary N) is 2. The second-order valence-corrected chi connectivity index (χ2v) is 5.02. The third-order valence-electron chi connectivity index (χ3n) is 2.95. The van der Waals surface area contributed by atoms with Gasteiger partial charge in [-0.2, -0.15) is 0 Å². The predicted molar refractivity (Wildman–Crippen MR) is 90.5 cm³/mol. The Balaban J connectivity index is 3.26. The van der Waals surface area contributed by atoms with Crippen molar-refractivity contribution in [2.24, 2.45) is 0 Å². The summed E-state index contributed by atoms with van der Waals surface area (Å²) in [6.07, 6.45) is 1.24. The fourth-order valence-corrected chi connectivity index (χ4v) is 1.63. The molecule has 0 aromatic heterocycles. The molecule has 0 aliphatic heterocycles. The molecular formula is C16H30N2O7. The topological polar surface area (TPSA) is 112 Å². The van der Waals surface area contributed by atoms with Crippen molar-refractivity contribution in [3.8, 4) is 0 Å². The summed E-state index contributed by atoms with van der Waals surface area (Å²) in [5.41, 5.74) is 0. The van der Waals surface area contributed by atoms with Gasteiger partial charge in [-0.3, -0.25) is 4.79 Å². The lowest BCUT2D eigenvalue weighted by Gasteiger charge is -2.10. The SMILES string of the molecule is CNCCOCCOCCOCCOCCC(=O)NC(C=O)CC=O. The summed E-state index contributed by atoms with van der Waals surface area (Å²) in [4.78, 5) is 32.4. The third kappa shape index (κ3) is 17.2. The second kappa shape index (κ2) is 18.9. The normalized spacial score (nSPS) is 11.9. The number of carbonyl (C=O) groups is 3. The van der Waals surface area contributed by atoms with Gasteiger partial charge in [0.2, 0.25) is 5.91 Å². The summed E-state index contributed by atoms with van der Waals surface area (Å²) >= 11 is 0. The van der Waals surface area contributed by atoms with Gasteiger partial charge in [0, 0.05) is 19.4 Å². The van der Waals surface area contributed by atoms with Crippen LogP contribution < -0.4 is 10.6 Å². The van der Waals surface area contributed by atoms with Gasteiger partial charge in [0.15, 0.2) is 0 Å². The van der Waals surface area contributed by atoms with Crippen LogP contribution in [0.2, 0.25) is 0 Å². The van der Waals surface area contributed by atoms with Crippen LogP contribution in [0.15, 0.2) is 0 Å². The summed E-state index contributed by atoms with van der Waals surface area (Å²) in [6.45, 7) is 4.53. The molecule has 0 saturated carbocycles. The number of amides is 1. The third-order valence-corrected chi connectivity index (χ3v) is 2.95. The first kappa shape index (κ1) is 23.6. The van der Waals surface area contributed by atoms with Gasteiger partial charge in [0.05, 0.1) is 58.9 Å². The smallest absolute Gasteiger partial charge is 0.222 e. The van der Waals surface area contributed by atoms with Crippen LogP contribution in [0.25, 0.3) is 0 Å². The predicted octanol–water partition coefficient (Wildman–Crippen LogP) is -1.06. The average molecular weight is 362 g/mol. The Morgan fingerprint density at radius 3 is 1.88 bits per heavy atom. The molecule has 1 amide bonds. The minimum Gasteiger partial charge on any atom is -0.379 e. The molecule has 9 heteroatoms. The number of likely N-dealkylation sites (N-methyl/N-ethyl adjacent to an activating group) is 1. The monoisotopic (exact) mass is 362 g/mol. The molecule has 25 heavy (non-hydrogen) atoms. The van der Waals surface area contributed by atoms with E-state index in [1.807, 2.05) is 7.05 Å². The molecule has 0 aliphatic rings. The Hall–Kier alpha value is -1.39. The van der Waals surface area contributed by atoms with Crippen molar-refractivity contribution >= 4 is 18.5 Å². The van der Waals surface area contributed by atoms with Crippen LogP contribution in [-0.4, -0.2) is 91.0 Å². The lowest BCUT2D eigenvalue weighted by Crippen LogP contribution is -2.36. The molecule has 0 rings (SSSR count). The molecular weight excluding hydrogens is 332 g/mol. The molecule has 1 unspecified atom stereocenters. The van der Waals surface area contributed by atoms with Gasteiger partial charge in [-0.25, -0.2) is 0 Å². The highest BCUT2D eigenvalue weighted by Crippen LogP contribution is 1.89. The van der Waals surface area contributed by atoms with Crippen molar-refractivity contribution in [3.63, 3.8) is 0 Å². The maximum absolute atomic E-state index is 11.5. The van der Waals surface area contributed by atoms with E-state index in [1.165, 1.54) is 0 Å². The fourth-order valence-electron chi connectivity index (χ4n) is 1.63. The minimum absolute atomic E-state index is 0.0198. The highest BCUT2D eigenvalue weighted by Gasteiger charge is 2.10. The first-order valence-corrected chi connectivity index (χ1v) is 8.38. The lowest BCUT2D eigenvalue weighted by molar-refractivity contribution is -0.125. The molecule has 146 valence electrons. The van der Waals surface area contributed by atoms with E-state index in [2.05, 4.69) is 10.6 Å². The van der Waals surface area contributed by atoms with Gasteiger partial charge in [-0.15, -0.1) is 0 Å². The van der Waals surface area contributed by atoms with Gasteiger partial charge in [0.1, 0.15) is 12.6 Å². The van der Waals surface area contributed by atoms with Crippen LogP contribution in [0.4, 0.5) is 0 Å². The zero-order chi connectivity index (χ0) is 18.6. The van der Waals surface area contributed by atoms with Crippen molar-refractivity contribution in [2.45, 2.75) is 18.9 Å². The Morgan fingerprint density at radius 1 is 0.880 bits per heavy atom. The van der Waals surface area contributed by atoms with E-state index in [0.717, 1.165) is 6.54 Å². The average Bonchev–Trinajstić information content (AvgIpc) is 2.61. The largest absolute Gasteiger partial charge is 0.379 e. The number of hydrogen-bond donors (Lipinski definition) is 2. The summed E-state index contributed by atoms with van der Waals surface area (Å²) in [5.74, 6) is -0.329. The first-order chi connectivity index (χ1) is 12.2. The van der Waals surface area contributed by atoms with E-state index in [9.17, 15) is 14.4 Å². The maximum atomic E-state index is 11.5. The van der Waals surface area contributed by atoms with Gasteiger partial charge in [-0.1, -0.05) is 0 Å². The van der Waals surface area contributed by atoms with Crippen LogP contribution in [0, 0.1) is 0 Å². The molecule has 0 radical (unpaired) electrons. The molecule has 0 aliphatic carbocycles. The fraction of sp³-hybridized carbons (Fsp3) is 0.812. The number of aldehydes is 2. The number of carbonyl (C=O) groups excluding carboxylic acids is 3. The molecule has 0 heterocycles. The van der Waals surface area contributed by atoms with Gasteiger partial charge in [-0.05, 0) is 7.05 Å². The Labute approximate surface area is 148 Å². The van der Waals surface area contributed by atoms with Gasteiger partial charge >= 0.3 is 0 Å². The summed E-state index contributed by atoms with van der Waals surface area (Å²) in [5, 5.41) is 5.42. The van der Waals surface area contributed by atoms with Crippen molar-refractivity contribution in [3.05, 3.63) is 0 Å². The van der Waals surface area contributed by atoms with E-state index < -0.39 is 6.04 Å².